The van der Waals surface area contributed by atoms with Crippen LogP contribution in [0, 0.1) is 10.1 Å². The van der Waals surface area contributed by atoms with E-state index in [0.717, 1.165) is 44.5 Å². The standard InChI is InChI=1S/C42H33N3O4/c46-45(47)40-19-34-18-35(20-40)29-49-42-9-2-5-33(22-42)27-44-25-31-12-16-37(17-13-31)39-7-3-6-38(23-39)36-14-10-30(11-15-36)24-43-26-32-4-1-8-41(21-32)48-28-34/h1-23,26-27H,24-25,28-29H2. The van der Waals surface area contributed by atoms with Crippen LogP contribution in [0.1, 0.15) is 33.4 Å². The van der Waals surface area contributed by atoms with Crippen molar-refractivity contribution in [2.24, 2.45) is 9.98 Å². The van der Waals surface area contributed by atoms with Gasteiger partial charge in [-0.1, -0.05) is 91.0 Å². The minimum atomic E-state index is -0.397. The molecule has 0 unspecified atom stereocenters. The minimum Gasteiger partial charge on any atom is -0.489 e. The lowest BCUT2D eigenvalue weighted by Gasteiger charge is -2.11. The van der Waals surface area contributed by atoms with Crippen LogP contribution in [0.2, 0.25) is 0 Å². The quantitative estimate of drug-likeness (QED) is 0.132. The van der Waals surface area contributed by atoms with Crippen LogP contribution in [0.25, 0.3) is 22.3 Å². The van der Waals surface area contributed by atoms with E-state index in [-0.39, 0.29) is 18.9 Å². The van der Waals surface area contributed by atoms with E-state index < -0.39 is 4.92 Å². The first-order valence-electron chi connectivity index (χ1n) is 16.1. The van der Waals surface area contributed by atoms with Crippen molar-refractivity contribution in [2.45, 2.75) is 26.3 Å². The highest BCUT2D eigenvalue weighted by atomic mass is 16.6. The van der Waals surface area contributed by atoms with Crippen LogP contribution in [0.3, 0.4) is 0 Å². The molecule has 240 valence electrons. The number of rotatable bonds is 1. The van der Waals surface area contributed by atoms with E-state index in [4.69, 9.17) is 9.47 Å². The van der Waals surface area contributed by atoms with Gasteiger partial charge < -0.3 is 9.47 Å². The molecule has 6 aromatic rings. The fourth-order valence-corrected chi connectivity index (χ4v) is 5.71. The molecule has 3 aliphatic heterocycles. The second-order valence-corrected chi connectivity index (χ2v) is 11.9. The van der Waals surface area contributed by atoms with Crippen LogP contribution in [-0.4, -0.2) is 17.4 Å². The highest BCUT2D eigenvalue weighted by molar-refractivity contribution is 5.81. The molecule has 0 amide bonds. The van der Waals surface area contributed by atoms with Gasteiger partial charge in [0, 0.05) is 24.6 Å². The Labute approximate surface area is 285 Å². The maximum absolute atomic E-state index is 11.7. The number of nitro benzene ring substituents is 1. The molecule has 7 heteroatoms. The van der Waals surface area contributed by atoms with Gasteiger partial charge in [-0.15, -0.1) is 0 Å². The van der Waals surface area contributed by atoms with Crippen molar-refractivity contribution < 1.29 is 14.4 Å². The van der Waals surface area contributed by atoms with Gasteiger partial charge in [-0.2, -0.15) is 0 Å². The van der Waals surface area contributed by atoms with Crippen LogP contribution in [0.4, 0.5) is 5.69 Å². The van der Waals surface area contributed by atoms with Crippen LogP contribution in [-0.2, 0) is 26.3 Å². The molecule has 9 rings (SSSR count). The highest BCUT2D eigenvalue weighted by Gasteiger charge is 2.12. The average molecular weight is 644 g/mol. The van der Waals surface area contributed by atoms with E-state index in [0.29, 0.717) is 35.7 Å². The first-order chi connectivity index (χ1) is 24.0. The van der Waals surface area contributed by atoms with E-state index in [1.807, 2.05) is 67.0 Å². The van der Waals surface area contributed by atoms with Crippen LogP contribution in [0.15, 0.2) is 150 Å². The van der Waals surface area contributed by atoms with Crippen LogP contribution in [0.5, 0.6) is 11.5 Å². The van der Waals surface area contributed by atoms with Crippen molar-refractivity contribution in [1.29, 1.82) is 0 Å². The number of hydrogen-bond donors (Lipinski definition) is 0. The summed E-state index contributed by atoms with van der Waals surface area (Å²) in [5.74, 6) is 1.29. The molecular formula is C42H33N3O4. The second-order valence-electron chi connectivity index (χ2n) is 11.9. The summed E-state index contributed by atoms with van der Waals surface area (Å²) in [6, 6.07) is 45.8. The summed E-state index contributed by atoms with van der Waals surface area (Å²) >= 11 is 0. The van der Waals surface area contributed by atoms with E-state index in [2.05, 4.69) is 82.8 Å². The Morgan fingerprint density at radius 3 is 1.43 bits per heavy atom. The van der Waals surface area contributed by atoms with Gasteiger partial charge in [0.1, 0.15) is 24.7 Å². The van der Waals surface area contributed by atoms with Crippen molar-refractivity contribution in [1.82, 2.24) is 0 Å². The predicted octanol–water partition coefficient (Wildman–Crippen LogP) is 9.64. The number of nitrogens with zero attached hydrogens (tertiary/aromatic N) is 3. The third kappa shape index (κ3) is 8.15. The lowest BCUT2D eigenvalue weighted by molar-refractivity contribution is -0.385. The normalized spacial score (nSPS) is 12.9. The molecule has 6 aromatic carbocycles. The zero-order valence-electron chi connectivity index (χ0n) is 26.7. The lowest BCUT2D eigenvalue weighted by Crippen LogP contribution is -2.02. The first-order valence-corrected chi connectivity index (χ1v) is 16.1. The molecular weight excluding hydrogens is 610 g/mol. The van der Waals surface area contributed by atoms with E-state index in [1.165, 1.54) is 12.1 Å². The van der Waals surface area contributed by atoms with Crippen molar-refractivity contribution >= 4 is 18.1 Å². The maximum Gasteiger partial charge on any atom is 0.270 e. The summed E-state index contributed by atoms with van der Waals surface area (Å²) in [6.45, 7) is 1.42. The van der Waals surface area contributed by atoms with E-state index in [9.17, 15) is 10.1 Å². The Hall–Kier alpha value is -6.34. The van der Waals surface area contributed by atoms with Crippen molar-refractivity contribution in [3.63, 3.8) is 0 Å². The maximum atomic E-state index is 11.7. The monoisotopic (exact) mass is 643 g/mol. The number of fused-ring (bicyclic) bond motifs is 2. The summed E-state index contributed by atoms with van der Waals surface area (Å²) in [5.41, 5.74) is 9.98. The highest BCUT2D eigenvalue weighted by Crippen LogP contribution is 2.28. The zero-order chi connectivity index (χ0) is 33.4. The van der Waals surface area contributed by atoms with Gasteiger partial charge in [0.2, 0.25) is 0 Å². The van der Waals surface area contributed by atoms with Crippen molar-refractivity contribution in [3.05, 3.63) is 183 Å². The van der Waals surface area contributed by atoms with E-state index in [1.54, 1.807) is 0 Å². The summed E-state index contributed by atoms with van der Waals surface area (Å²) in [4.78, 5) is 20.7. The molecule has 49 heavy (non-hydrogen) atoms. The predicted molar refractivity (Wildman–Crippen MR) is 195 cm³/mol. The summed E-state index contributed by atoms with van der Waals surface area (Å²) in [7, 11) is 0. The first kappa shape index (κ1) is 31.3. The SMILES string of the molecule is O=[N+]([O-])c1cc2cc(c1)COc1cccc(c1)C=NCc1ccc(cc1)-c1cccc(c1)-c1ccc(cc1)CN=Cc1cccc(c1)OC2. The van der Waals surface area contributed by atoms with Gasteiger partial charge >= 0.3 is 0 Å². The molecule has 0 atom stereocenters. The number of benzene rings is 6. The fraction of sp³-hybridized carbons (Fsp3) is 0.0952. The molecule has 12 bridgehead atoms. The Kier molecular flexibility index (Phi) is 9.32. The van der Waals surface area contributed by atoms with Crippen LogP contribution < -0.4 is 9.47 Å². The van der Waals surface area contributed by atoms with Crippen LogP contribution >= 0.6 is 0 Å². The molecule has 0 fully saturated rings. The smallest absolute Gasteiger partial charge is 0.270 e. The van der Waals surface area contributed by atoms with Gasteiger partial charge in [-0.05, 0) is 92.0 Å². The summed E-state index contributed by atoms with van der Waals surface area (Å²) < 4.78 is 12.1. The minimum absolute atomic E-state index is 0.0124. The molecule has 0 aromatic heterocycles. The summed E-state index contributed by atoms with van der Waals surface area (Å²) in [6.07, 6.45) is 3.66. The molecule has 0 saturated carbocycles. The zero-order valence-corrected chi connectivity index (χ0v) is 26.7. The molecule has 0 saturated heterocycles. The largest absolute Gasteiger partial charge is 0.489 e. The molecule has 0 radical (unpaired) electrons. The summed E-state index contributed by atoms with van der Waals surface area (Å²) in [5, 5.41) is 11.7. The Balaban J connectivity index is 1.18. The Bertz CT molecular complexity index is 2010. The third-order valence-corrected chi connectivity index (χ3v) is 8.24. The van der Waals surface area contributed by atoms with Gasteiger partial charge in [0.15, 0.2) is 0 Å². The number of aliphatic imine (C=N–C) groups is 2. The number of ether oxygens (including phenoxy) is 2. The molecule has 0 spiro atoms. The fourth-order valence-electron chi connectivity index (χ4n) is 5.71. The lowest BCUT2D eigenvalue weighted by atomic mass is 9.98. The number of non-ortho nitro benzene ring substituents is 1. The number of hydrogen-bond acceptors (Lipinski definition) is 6. The molecule has 0 N–H and O–H groups in total. The van der Waals surface area contributed by atoms with E-state index >= 15 is 0 Å². The molecule has 7 nitrogen and oxygen atoms in total. The van der Waals surface area contributed by atoms with Gasteiger partial charge in [-0.3, -0.25) is 20.1 Å². The topological polar surface area (TPSA) is 86.3 Å². The van der Waals surface area contributed by atoms with Gasteiger partial charge in [-0.25, -0.2) is 0 Å². The van der Waals surface area contributed by atoms with Crippen molar-refractivity contribution in [2.75, 3.05) is 0 Å². The average Bonchev–Trinajstić information content (AvgIpc) is 3.14. The third-order valence-electron chi connectivity index (χ3n) is 8.24. The Morgan fingerprint density at radius 2 is 0.959 bits per heavy atom. The van der Waals surface area contributed by atoms with Gasteiger partial charge in [0.25, 0.3) is 5.69 Å². The molecule has 3 aliphatic rings. The molecule has 0 aliphatic carbocycles. The molecule has 3 heterocycles. The Morgan fingerprint density at radius 1 is 0.490 bits per heavy atom. The van der Waals surface area contributed by atoms with Gasteiger partial charge in [0.05, 0.1) is 18.0 Å². The van der Waals surface area contributed by atoms with Crippen molar-refractivity contribution in [3.8, 4) is 33.8 Å². The number of nitro groups is 1. The second kappa shape index (κ2) is 14.6.